The highest BCUT2D eigenvalue weighted by Gasteiger charge is 2.07. The number of thiocarbonyl (C=S) groups is 1. The van der Waals surface area contributed by atoms with Crippen LogP contribution in [0.25, 0.3) is 0 Å². The number of rotatable bonds is 7. The lowest BCUT2D eigenvalue weighted by Gasteiger charge is -2.13. The molecule has 0 spiro atoms. The van der Waals surface area contributed by atoms with Crippen molar-refractivity contribution >= 4 is 28.7 Å². The highest BCUT2D eigenvalue weighted by Crippen LogP contribution is 2.29. The molecule has 2 rings (SSSR count). The minimum atomic E-state index is 0.407. The lowest BCUT2D eigenvalue weighted by Crippen LogP contribution is -2.19. The maximum Gasteiger partial charge on any atom is 0.175 e. The Morgan fingerprint density at radius 1 is 1.26 bits per heavy atom. The van der Waals surface area contributed by atoms with Gasteiger partial charge in [-0.1, -0.05) is 0 Å². The molecule has 0 saturated heterocycles. The van der Waals surface area contributed by atoms with E-state index in [0.717, 1.165) is 11.4 Å². The van der Waals surface area contributed by atoms with Crippen molar-refractivity contribution < 1.29 is 14.2 Å². The first-order valence-electron chi connectivity index (χ1n) is 7.06. The van der Waals surface area contributed by atoms with E-state index in [9.17, 15) is 0 Å². The molecule has 0 amide bonds. The summed E-state index contributed by atoms with van der Waals surface area (Å²) in [6.45, 7) is 2.98. The number of nitrogens with one attached hydrogen (secondary N) is 2. The highest BCUT2D eigenvalue weighted by molar-refractivity contribution is 7.80. The minimum Gasteiger partial charge on any atom is -0.497 e. The predicted molar refractivity (Wildman–Crippen MR) is 93.2 cm³/mol. The fourth-order valence-corrected chi connectivity index (χ4v) is 2.10. The highest BCUT2D eigenvalue weighted by atomic mass is 32.1. The molecule has 0 saturated carbocycles. The van der Waals surface area contributed by atoms with Gasteiger partial charge in [0.15, 0.2) is 5.11 Å². The van der Waals surface area contributed by atoms with Gasteiger partial charge in [-0.05, 0) is 31.3 Å². The van der Waals surface area contributed by atoms with Gasteiger partial charge in [0.2, 0.25) is 0 Å². The molecule has 0 aliphatic rings. The van der Waals surface area contributed by atoms with Crippen LogP contribution in [0.2, 0.25) is 0 Å². The fraction of sp³-hybridized carbons (Fsp3) is 0.333. The molecule has 8 heteroatoms. The molecule has 0 radical (unpaired) electrons. The molecule has 2 aromatic rings. The van der Waals surface area contributed by atoms with Crippen molar-refractivity contribution in [3.05, 3.63) is 30.6 Å². The third kappa shape index (κ3) is 4.83. The van der Waals surface area contributed by atoms with Crippen LogP contribution in [0.3, 0.4) is 0 Å². The Kier molecular flexibility index (Phi) is 6.19. The van der Waals surface area contributed by atoms with Crippen LogP contribution in [-0.2, 0) is 11.5 Å². The quantitative estimate of drug-likeness (QED) is 0.753. The summed E-state index contributed by atoms with van der Waals surface area (Å²) in [5.74, 6) is 1.35. The van der Waals surface area contributed by atoms with Gasteiger partial charge >= 0.3 is 0 Å². The third-order valence-corrected chi connectivity index (χ3v) is 3.18. The first kappa shape index (κ1) is 17.0. The second kappa shape index (κ2) is 8.35. The largest absolute Gasteiger partial charge is 0.497 e. The van der Waals surface area contributed by atoms with Gasteiger partial charge < -0.3 is 24.8 Å². The molecular formula is C15H20N4O3S. The van der Waals surface area contributed by atoms with Crippen LogP contribution in [-0.4, -0.2) is 35.7 Å². The SMILES string of the molecule is CCOCn1cc(NC(=S)Nc2ccc(OC)cc2OC)cn1. The van der Waals surface area contributed by atoms with Gasteiger partial charge in [-0.15, -0.1) is 0 Å². The van der Waals surface area contributed by atoms with E-state index in [1.165, 1.54) is 0 Å². The Balaban J connectivity index is 1.98. The monoisotopic (exact) mass is 336 g/mol. The summed E-state index contributed by atoms with van der Waals surface area (Å²) in [5, 5.41) is 10.8. The summed E-state index contributed by atoms with van der Waals surface area (Å²) < 4.78 is 17.5. The maximum absolute atomic E-state index is 5.32. The van der Waals surface area contributed by atoms with E-state index < -0.39 is 0 Å². The van der Waals surface area contributed by atoms with Crippen molar-refractivity contribution in [1.82, 2.24) is 9.78 Å². The molecule has 7 nitrogen and oxygen atoms in total. The molecule has 0 aliphatic heterocycles. The van der Waals surface area contributed by atoms with Crippen LogP contribution in [0.15, 0.2) is 30.6 Å². The fourth-order valence-electron chi connectivity index (χ4n) is 1.87. The number of nitrogens with zero attached hydrogens (tertiary/aromatic N) is 2. The summed E-state index contributed by atoms with van der Waals surface area (Å²) in [4.78, 5) is 0. The van der Waals surface area contributed by atoms with Crippen molar-refractivity contribution in [2.45, 2.75) is 13.7 Å². The summed E-state index contributed by atoms with van der Waals surface area (Å²) in [5.41, 5.74) is 1.52. The number of hydrogen-bond donors (Lipinski definition) is 2. The Morgan fingerprint density at radius 2 is 2.09 bits per heavy atom. The van der Waals surface area contributed by atoms with Gasteiger partial charge in [-0.3, -0.25) is 0 Å². The lowest BCUT2D eigenvalue weighted by molar-refractivity contribution is 0.0792. The number of ether oxygens (including phenoxy) is 3. The van der Waals surface area contributed by atoms with Gasteiger partial charge in [0.05, 0.1) is 38.0 Å². The zero-order chi connectivity index (χ0) is 16.7. The number of aromatic nitrogens is 2. The molecule has 23 heavy (non-hydrogen) atoms. The third-order valence-electron chi connectivity index (χ3n) is 2.98. The standard InChI is InChI=1S/C15H20N4O3S/c1-4-22-10-19-9-11(8-16-19)17-15(23)18-13-6-5-12(20-2)7-14(13)21-3/h5-9H,4,10H2,1-3H3,(H2,17,18,23). The molecule has 0 bridgehead atoms. The van der Waals surface area contributed by atoms with E-state index in [0.29, 0.717) is 29.9 Å². The summed E-state index contributed by atoms with van der Waals surface area (Å²) in [6.07, 6.45) is 3.49. The van der Waals surface area contributed by atoms with Crippen molar-refractivity contribution in [1.29, 1.82) is 0 Å². The first-order chi connectivity index (χ1) is 11.2. The Labute approximate surface area is 140 Å². The molecule has 0 fully saturated rings. The maximum atomic E-state index is 5.32. The minimum absolute atomic E-state index is 0.407. The lowest BCUT2D eigenvalue weighted by atomic mass is 10.2. The zero-order valence-corrected chi connectivity index (χ0v) is 14.1. The van der Waals surface area contributed by atoms with Crippen molar-refractivity contribution in [2.75, 3.05) is 31.5 Å². The Hall–Kier alpha value is -2.32. The number of benzene rings is 1. The molecule has 124 valence electrons. The van der Waals surface area contributed by atoms with Gasteiger partial charge in [-0.25, -0.2) is 4.68 Å². The van der Waals surface area contributed by atoms with E-state index >= 15 is 0 Å². The van der Waals surface area contributed by atoms with Gasteiger partial charge in [0, 0.05) is 12.7 Å². The summed E-state index contributed by atoms with van der Waals surface area (Å²) >= 11 is 5.31. The smallest absolute Gasteiger partial charge is 0.175 e. The van der Waals surface area contributed by atoms with Gasteiger partial charge in [-0.2, -0.15) is 5.10 Å². The van der Waals surface area contributed by atoms with Gasteiger partial charge in [0.25, 0.3) is 0 Å². The van der Waals surface area contributed by atoms with Crippen LogP contribution >= 0.6 is 12.2 Å². The predicted octanol–water partition coefficient (Wildman–Crippen LogP) is 2.70. The van der Waals surface area contributed by atoms with E-state index in [4.69, 9.17) is 26.4 Å². The molecule has 2 N–H and O–H groups in total. The first-order valence-corrected chi connectivity index (χ1v) is 7.47. The van der Waals surface area contributed by atoms with E-state index in [1.807, 2.05) is 25.3 Å². The van der Waals surface area contributed by atoms with E-state index in [2.05, 4.69) is 15.7 Å². The van der Waals surface area contributed by atoms with Crippen molar-refractivity contribution in [3.8, 4) is 11.5 Å². The molecule has 1 aromatic heterocycles. The molecule has 1 heterocycles. The van der Waals surface area contributed by atoms with Gasteiger partial charge in [0.1, 0.15) is 18.2 Å². The summed E-state index contributed by atoms with van der Waals surface area (Å²) in [7, 11) is 3.20. The average Bonchev–Trinajstić information content (AvgIpc) is 3.00. The number of hydrogen-bond acceptors (Lipinski definition) is 5. The van der Waals surface area contributed by atoms with E-state index in [1.54, 1.807) is 31.2 Å². The van der Waals surface area contributed by atoms with Crippen LogP contribution in [0.5, 0.6) is 11.5 Å². The number of methoxy groups -OCH3 is 2. The van der Waals surface area contributed by atoms with Crippen LogP contribution in [0, 0.1) is 0 Å². The average molecular weight is 336 g/mol. The molecule has 0 atom stereocenters. The van der Waals surface area contributed by atoms with Crippen molar-refractivity contribution in [3.63, 3.8) is 0 Å². The summed E-state index contributed by atoms with van der Waals surface area (Å²) in [6, 6.07) is 5.45. The van der Waals surface area contributed by atoms with Crippen LogP contribution < -0.4 is 20.1 Å². The molecule has 1 aromatic carbocycles. The van der Waals surface area contributed by atoms with E-state index in [-0.39, 0.29) is 0 Å². The van der Waals surface area contributed by atoms with Crippen LogP contribution in [0.1, 0.15) is 6.92 Å². The van der Waals surface area contributed by atoms with Crippen molar-refractivity contribution in [2.24, 2.45) is 0 Å². The number of anilines is 2. The second-order valence-corrected chi connectivity index (χ2v) is 4.94. The Bertz CT molecular complexity index is 660. The second-order valence-electron chi connectivity index (χ2n) is 4.54. The Morgan fingerprint density at radius 3 is 2.78 bits per heavy atom. The van der Waals surface area contributed by atoms with Crippen LogP contribution in [0.4, 0.5) is 11.4 Å². The molecular weight excluding hydrogens is 316 g/mol. The normalized spacial score (nSPS) is 10.2. The molecule has 0 aliphatic carbocycles. The topological polar surface area (TPSA) is 69.6 Å². The molecule has 0 unspecified atom stereocenters. The zero-order valence-electron chi connectivity index (χ0n) is 13.3.